The Balaban J connectivity index is 1.58. The first kappa shape index (κ1) is 20.1. The fourth-order valence-electron chi connectivity index (χ4n) is 3.44. The Morgan fingerprint density at radius 1 is 0.893 bits per heavy atom. The summed E-state index contributed by atoms with van der Waals surface area (Å²) < 4.78 is 5.84. The van der Waals surface area contributed by atoms with Crippen LogP contribution in [0, 0.1) is 11.3 Å². The van der Waals surface area contributed by atoms with Crippen molar-refractivity contribution in [3.8, 4) is 5.75 Å². The van der Waals surface area contributed by atoms with Crippen molar-refractivity contribution in [2.45, 2.75) is 40.2 Å². The van der Waals surface area contributed by atoms with Crippen LogP contribution < -0.4 is 4.74 Å². The lowest BCUT2D eigenvalue weighted by Gasteiger charge is -2.35. The summed E-state index contributed by atoms with van der Waals surface area (Å²) >= 11 is 0. The number of para-hydroxylation sites is 1. The minimum atomic E-state index is -0.399. The molecule has 2 atom stereocenters. The second kappa shape index (κ2) is 8.15. The number of hydrogen-bond donors (Lipinski definition) is 0. The Bertz CT molecular complexity index is 812. The molecule has 0 bridgehead atoms. The van der Waals surface area contributed by atoms with Crippen molar-refractivity contribution in [2.24, 2.45) is 11.3 Å². The van der Waals surface area contributed by atoms with E-state index in [1.54, 1.807) is 24.3 Å². The van der Waals surface area contributed by atoms with E-state index in [1.807, 2.05) is 37.3 Å². The van der Waals surface area contributed by atoms with E-state index < -0.39 is 11.8 Å². The van der Waals surface area contributed by atoms with Crippen LogP contribution >= 0.6 is 0 Å². The zero-order valence-electron chi connectivity index (χ0n) is 16.8. The Hall–Kier alpha value is -2.66. The predicted molar refractivity (Wildman–Crippen MR) is 107 cm³/mol. The molecule has 2 aromatic rings. The number of ether oxygens (including phenoxy) is 1. The summed E-state index contributed by atoms with van der Waals surface area (Å²) in [7, 11) is 0. The van der Waals surface area contributed by atoms with Gasteiger partial charge in [0.25, 0.3) is 11.8 Å². The van der Waals surface area contributed by atoms with Crippen LogP contribution in [-0.2, 0) is 4.84 Å². The molecule has 0 radical (unpaired) electrons. The molecule has 0 saturated carbocycles. The van der Waals surface area contributed by atoms with Crippen LogP contribution in [0.1, 0.15) is 54.8 Å². The Morgan fingerprint density at radius 2 is 1.43 bits per heavy atom. The molecule has 0 fully saturated rings. The quantitative estimate of drug-likeness (QED) is 0.620. The van der Waals surface area contributed by atoms with Gasteiger partial charge in [0, 0.05) is 0 Å². The van der Waals surface area contributed by atoms with E-state index in [0.717, 1.165) is 17.2 Å². The van der Waals surface area contributed by atoms with Gasteiger partial charge < -0.3 is 4.74 Å². The number of benzene rings is 2. The van der Waals surface area contributed by atoms with E-state index in [2.05, 4.69) is 20.8 Å². The lowest BCUT2D eigenvalue weighted by Crippen LogP contribution is -2.40. The van der Waals surface area contributed by atoms with Gasteiger partial charge in [-0.15, -0.1) is 5.06 Å². The van der Waals surface area contributed by atoms with Crippen LogP contribution in [0.2, 0.25) is 0 Å². The molecule has 1 aliphatic rings. The number of nitrogens with zero attached hydrogens (tertiary/aromatic N) is 1. The highest BCUT2D eigenvalue weighted by atomic mass is 16.7. The maximum Gasteiger partial charge on any atom is 0.285 e. The molecular weight excluding hydrogens is 354 g/mol. The summed E-state index contributed by atoms with van der Waals surface area (Å²) in [5, 5.41) is 0.905. The van der Waals surface area contributed by atoms with E-state index in [0.29, 0.717) is 17.7 Å². The largest absolute Gasteiger partial charge is 0.493 e. The van der Waals surface area contributed by atoms with Gasteiger partial charge in [-0.3, -0.25) is 14.4 Å². The van der Waals surface area contributed by atoms with Crippen molar-refractivity contribution < 1.29 is 19.2 Å². The molecule has 0 aliphatic carbocycles. The summed E-state index contributed by atoms with van der Waals surface area (Å²) in [6.45, 7) is 8.77. The minimum Gasteiger partial charge on any atom is -0.493 e. The Labute approximate surface area is 166 Å². The van der Waals surface area contributed by atoms with Crippen molar-refractivity contribution in [2.75, 3.05) is 6.61 Å². The third-order valence-corrected chi connectivity index (χ3v) is 5.27. The number of carbonyl (C=O) groups excluding carboxylic acids is 2. The SMILES string of the molecule is CC(COc1ccccc1)CC(C)(C)C(C)ON1C(=O)c2ccccc2C1=O. The van der Waals surface area contributed by atoms with Crippen molar-refractivity contribution in [3.05, 3.63) is 65.7 Å². The smallest absolute Gasteiger partial charge is 0.285 e. The molecule has 2 unspecified atom stereocenters. The molecule has 5 heteroatoms. The van der Waals surface area contributed by atoms with Gasteiger partial charge in [0.1, 0.15) is 5.75 Å². The lowest BCUT2D eigenvalue weighted by molar-refractivity contribution is -0.162. The molecule has 28 heavy (non-hydrogen) atoms. The van der Waals surface area contributed by atoms with Gasteiger partial charge in [0.05, 0.1) is 23.8 Å². The summed E-state index contributed by atoms with van der Waals surface area (Å²) in [4.78, 5) is 30.9. The molecule has 2 amide bonds. The van der Waals surface area contributed by atoms with Gasteiger partial charge in [-0.05, 0) is 48.9 Å². The number of imide groups is 1. The van der Waals surface area contributed by atoms with Crippen molar-refractivity contribution in [1.82, 2.24) is 5.06 Å². The Morgan fingerprint density at radius 3 is 2.00 bits per heavy atom. The number of carbonyl (C=O) groups is 2. The van der Waals surface area contributed by atoms with Gasteiger partial charge in [-0.25, -0.2) is 0 Å². The van der Waals surface area contributed by atoms with Crippen LogP contribution in [0.15, 0.2) is 54.6 Å². The minimum absolute atomic E-state index is 0.255. The monoisotopic (exact) mass is 381 g/mol. The fraction of sp³-hybridized carbons (Fsp3) is 0.391. The maximum atomic E-state index is 12.5. The zero-order valence-corrected chi connectivity index (χ0v) is 16.8. The van der Waals surface area contributed by atoms with Crippen LogP contribution in [0.5, 0.6) is 5.75 Å². The Kier molecular flexibility index (Phi) is 5.84. The summed E-state index contributed by atoms with van der Waals surface area (Å²) in [5.74, 6) is 0.332. The van der Waals surface area contributed by atoms with E-state index in [9.17, 15) is 9.59 Å². The highest BCUT2D eigenvalue weighted by molar-refractivity contribution is 6.20. The molecule has 1 heterocycles. The maximum absolute atomic E-state index is 12.5. The lowest BCUT2D eigenvalue weighted by atomic mass is 9.79. The normalized spacial score (nSPS) is 16.1. The summed E-state index contributed by atoms with van der Waals surface area (Å²) in [6, 6.07) is 16.5. The van der Waals surface area contributed by atoms with E-state index in [1.165, 1.54) is 0 Å². The zero-order chi connectivity index (χ0) is 20.3. The first-order valence-corrected chi connectivity index (χ1v) is 9.62. The first-order valence-electron chi connectivity index (χ1n) is 9.62. The molecule has 0 saturated heterocycles. The molecule has 5 nitrogen and oxygen atoms in total. The van der Waals surface area contributed by atoms with Gasteiger partial charge in [-0.1, -0.05) is 51.1 Å². The number of fused-ring (bicyclic) bond motifs is 1. The highest BCUT2D eigenvalue weighted by Crippen LogP contribution is 2.34. The predicted octanol–water partition coefficient (Wildman–Crippen LogP) is 4.73. The molecule has 0 N–H and O–H groups in total. The summed E-state index contributed by atoms with van der Waals surface area (Å²) in [6.07, 6.45) is 0.498. The number of hydroxylamine groups is 2. The number of amides is 2. The number of hydrogen-bond acceptors (Lipinski definition) is 4. The fourth-order valence-corrected chi connectivity index (χ4v) is 3.44. The van der Waals surface area contributed by atoms with Crippen molar-refractivity contribution in [3.63, 3.8) is 0 Å². The second-order valence-corrected chi connectivity index (χ2v) is 8.12. The van der Waals surface area contributed by atoms with Gasteiger partial charge >= 0.3 is 0 Å². The van der Waals surface area contributed by atoms with Crippen LogP contribution in [0.4, 0.5) is 0 Å². The highest BCUT2D eigenvalue weighted by Gasteiger charge is 2.40. The summed E-state index contributed by atoms with van der Waals surface area (Å²) in [5.41, 5.74) is 0.527. The average Bonchev–Trinajstić information content (AvgIpc) is 2.92. The third-order valence-electron chi connectivity index (χ3n) is 5.27. The van der Waals surface area contributed by atoms with E-state index >= 15 is 0 Å². The molecule has 1 aliphatic heterocycles. The molecule has 0 aromatic heterocycles. The van der Waals surface area contributed by atoms with Gasteiger partial charge in [0.15, 0.2) is 0 Å². The third kappa shape index (κ3) is 4.25. The second-order valence-electron chi connectivity index (χ2n) is 8.12. The van der Waals surface area contributed by atoms with Crippen LogP contribution in [-0.4, -0.2) is 29.6 Å². The molecule has 0 spiro atoms. The molecular formula is C23H27NO4. The van der Waals surface area contributed by atoms with Crippen molar-refractivity contribution in [1.29, 1.82) is 0 Å². The van der Waals surface area contributed by atoms with Crippen LogP contribution in [0.25, 0.3) is 0 Å². The first-order chi connectivity index (χ1) is 13.3. The van der Waals surface area contributed by atoms with Crippen LogP contribution in [0.3, 0.4) is 0 Å². The van der Waals surface area contributed by atoms with Crippen molar-refractivity contribution >= 4 is 11.8 Å². The van der Waals surface area contributed by atoms with Gasteiger partial charge in [-0.2, -0.15) is 0 Å². The molecule has 3 rings (SSSR count). The van der Waals surface area contributed by atoms with Gasteiger partial charge in [0.2, 0.25) is 0 Å². The van der Waals surface area contributed by atoms with E-state index in [-0.39, 0.29) is 17.4 Å². The van der Waals surface area contributed by atoms with E-state index in [4.69, 9.17) is 9.57 Å². The number of rotatable bonds is 8. The average molecular weight is 381 g/mol. The topological polar surface area (TPSA) is 55.8 Å². The standard InChI is InChI=1S/C23H27NO4/c1-16(15-27-18-10-6-5-7-11-18)14-23(3,4)17(2)28-24-21(25)19-12-8-9-13-20(19)22(24)26/h5-13,16-17H,14-15H2,1-4H3. The molecule has 148 valence electrons. The molecule has 2 aromatic carbocycles.